The molecule has 112 valence electrons. The van der Waals surface area contributed by atoms with Crippen LogP contribution in [0.5, 0.6) is 0 Å². The summed E-state index contributed by atoms with van der Waals surface area (Å²) in [6.45, 7) is 2.69. The average Bonchev–Trinajstić information content (AvgIpc) is 2.44. The number of hydrogen-bond acceptors (Lipinski definition) is 1. The molecule has 0 aliphatic rings. The lowest BCUT2D eigenvalue weighted by Gasteiger charge is -2.19. The Balaban J connectivity index is 2.28. The lowest BCUT2D eigenvalue weighted by Crippen LogP contribution is -2.23. The van der Waals surface area contributed by atoms with Crippen LogP contribution in [0.2, 0.25) is 5.02 Å². The lowest BCUT2D eigenvalue weighted by atomic mass is 9.98. The highest BCUT2D eigenvalue weighted by Crippen LogP contribution is 2.27. The predicted octanol–water partition coefficient (Wildman–Crippen LogP) is 5.27. The van der Waals surface area contributed by atoms with Gasteiger partial charge in [-0.2, -0.15) is 0 Å². The Labute approximate surface area is 136 Å². The molecule has 0 saturated heterocycles. The summed E-state index contributed by atoms with van der Waals surface area (Å²) in [5.41, 5.74) is 1.66. The first-order chi connectivity index (χ1) is 10.0. The molecule has 2 aromatic carbocycles. The molecule has 2 rings (SSSR count). The highest BCUT2D eigenvalue weighted by Gasteiger charge is 2.15. The van der Waals surface area contributed by atoms with Crippen molar-refractivity contribution < 1.29 is 8.78 Å². The second kappa shape index (κ2) is 7.34. The fourth-order valence-corrected chi connectivity index (χ4v) is 2.94. The van der Waals surface area contributed by atoms with E-state index in [1.807, 2.05) is 25.1 Å². The lowest BCUT2D eigenvalue weighted by molar-refractivity contribution is 0.497. The van der Waals surface area contributed by atoms with E-state index in [1.54, 1.807) is 6.07 Å². The van der Waals surface area contributed by atoms with Crippen LogP contribution in [0.1, 0.15) is 24.1 Å². The van der Waals surface area contributed by atoms with E-state index in [0.717, 1.165) is 22.6 Å². The number of likely N-dealkylation sites (N-methyl/N-ethyl adjacent to an activating group) is 1. The highest BCUT2D eigenvalue weighted by atomic mass is 79.9. The third kappa shape index (κ3) is 4.25. The van der Waals surface area contributed by atoms with Crippen LogP contribution in [0.3, 0.4) is 0 Å². The Morgan fingerprint density at radius 1 is 1.14 bits per heavy atom. The summed E-state index contributed by atoms with van der Waals surface area (Å²) < 4.78 is 27.4. The van der Waals surface area contributed by atoms with Gasteiger partial charge in [0.05, 0.1) is 0 Å². The Hall–Kier alpha value is -0.970. The molecule has 0 radical (unpaired) electrons. The summed E-state index contributed by atoms with van der Waals surface area (Å²) in [5.74, 6) is -1.67. The van der Waals surface area contributed by atoms with Crippen LogP contribution >= 0.6 is 27.5 Å². The van der Waals surface area contributed by atoms with Crippen LogP contribution in [0.25, 0.3) is 0 Å². The molecule has 21 heavy (non-hydrogen) atoms. The van der Waals surface area contributed by atoms with Crippen molar-refractivity contribution in [3.63, 3.8) is 0 Å². The average molecular weight is 375 g/mol. The molecule has 0 bridgehead atoms. The summed E-state index contributed by atoms with van der Waals surface area (Å²) in [4.78, 5) is 0. The molecule has 0 aliphatic carbocycles. The first-order valence-electron chi connectivity index (χ1n) is 6.63. The van der Waals surface area contributed by atoms with E-state index in [0.29, 0.717) is 17.0 Å². The van der Waals surface area contributed by atoms with Crippen molar-refractivity contribution in [1.82, 2.24) is 5.32 Å². The molecular formula is C16H15BrClF2N. The van der Waals surface area contributed by atoms with Crippen LogP contribution in [0, 0.1) is 11.6 Å². The summed E-state index contributed by atoms with van der Waals surface area (Å²) in [6, 6.07) is 9.52. The summed E-state index contributed by atoms with van der Waals surface area (Å²) >= 11 is 9.59. The standard InChI is InChI=1S/C16H15BrClF2N/c1-2-21-16(11-4-6-14(19)15(20)7-11)8-10-3-5-12(17)9-13(10)18/h3-7,9,16,21H,2,8H2,1H3. The third-order valence-electron chi connectivity index (χ3n) is 3.24. The fourth-order valence-electron chi connectivity index (χ4n) is 2.19. The third-order valence-corrected chi connectivity index (χ3v) is 4.08. The van der Waals surface area contributed by atoms with Crippen molar-refractivity contribution in [3.05, 3.63) is 68.7 Å². The van der Waals surface area contributed by atoms with Gasteiger partial charge in [0, 0.05) is 15.5 Å². The number of nitrogens with one attached hydrogen (secondary N) is 1. The van der Waals surface area contributed by atoms with Crippen molar-refractivity contribution in [2.45, 2.75) is 19.4 Å². The smallest absolute Gasteiger partial charge is 0.159 e. The van der Waals surface area contributed by atoms with Gasteiger partial charge >= 0.3 is 0 Å². The van der Waals surface area contributed by atoms with Gasteiger partial charge < -0.3 is 5.32 Å². The van der Waals surface area contributed by atoms with Crippen molar-refractivity contribution >= 4 is 27.5 Å². The normalized spacial score (nSPS) is 12.4. The van der Waals surface area contributed by atoms with Crippen LogP contribution in [-0.2, 0) is 6.42 Å². The van der Waals surface area contributed by atoms with Crippen molar-refractivity contribution in [3.8, 4) is 0 Å². The molecule has 0 aliphatic heterocycles. The molecule has 0 amide bonds. The first kappa shape index (κ1) is 16.4. The van der Waals surface area contributed by atoms with Crippen molar-refractivity contribution in [1.29, 1.82) is 0 Å². The molecule has 1 unspecified atom stereocenters. The second-order valence-electron chi connectivity index (χ2n) is 4.72. The van der Waals surface area contributed by atoms with E-state index in [4.69, 9.17) is 11.6 Å². The number of rotatable bonds is 5. The zero-order valence-corrected chi connectivity index (χ0v) is 13.8. The van der Waals surface area contributed by atoms with Crippen LogP contribution in [0.15, 0.2) is 40.9 Å². The Morgan fingerprint density at radius 2 is 1.90 bits per heavy atom. The Morgan fingerprint density at radius 3 is 2.52 bits per heavy atom. The molecule has 2 aromatic rings. The highest BCUT2D eigenvalue weighted by molar-refractivity contribution is 9.10. The van der Waals surface area contributed by atoms with E-state index < -0.39 is 11.6 Å². The molecule has 0 heterocycles. The summed E-state index contributed by atoms with van der Waals surface area (Å²) in [6.07, 6.45) is 0.602. The Bertz CT molecular complexity index is 634. The minimum Gasteiger partial charge on any atom is -0.310 e. The molecule has 0 aromatic heterocycles. The maximum atomic E-state index is 13.4. The van der Waals surface area contributed by atoms with Gasteiger partial charge in [-0.25, -0.2) is 8.78 Å². The van der Waals surface area contributed by atoms with E-state index in [9.17, 15) is 8.78 Å². The van der Waals surface area contributed by atoms with E-state index >= 15 is 0 Å². The zero-order valence-electron chi connectivity index (χ0n) is 11.5. The van der Waals surface area contributed by atoms with E-state index in [2.05, 4.69) is 21.2 Å². The van der Waals surface area contributed by atoms with E-state index in [-0.39, 0.29) is 6.04 Å². The van der Waals surface area contributed by atoms with Crippen LogP contribution in [-0.4, -0.2) is 6.54 Å². The summed E-state index contributed by atoms with van der Waals surface area (Å²) in [5, 5.41) is 3.92. The van der Waals surface area contributed by atoms with E-state index in [1.165, 1.54) is 6.07 Å². The fraction of sp³-hybridized carbons (Fsp3) is 0.250. The monoisotopic (exact) mass is 373 g/mol. The van der Waals surface area contributed by atoms with Gasteiger partial charge in [0.25, 0.3) is 0 Å². The molecule has 5 heteroatoms. The van der Waals surface area contributed by atoms with Gasteiger partial charge in [0.15, 0.2) is 11.6 Å². The SMILES string of the molecule is CCNC(Cc1ccc(Br)cc1Cl)c1ccc(F)c(F)c1. The van der Waals surface area contributed by atoms with Gasteiger partial charge in [-0.1, -0.05) is 46.6 Å². The van der Waals surface area contributed by atoms with Gasteiger partial charge in [-0.15, -0.1) is 0 Å². The zero-order chi connectivity index (χ0) is 15.4. The Kier molecular flexibility index (Phi) is 5.73. The van der Waals surface area contributed by atoms with Crippen LogP contribution in [0.4, 0.5) is 8.78 Å². The van der Waals surface area contributed by atoms with Crippen molar-refractivity contribution in [2.24, 2.45) is 0 Å². The summed E-state index contributed by atoms with van der Waals surface area (Å²) in [7, 11) is 0. The first-order valence-corrected chi connectivity index (χ1v) is 7.80. The van der Waals surface area contributed by atoms with Gasteiger partial charge in [-0.3, -0.25) is 0 Å². The topological polar surface area (TPSA) is 12.0 Å². The number of hydrogen-bond donors (Lipinski definition) is 1. The number of benzene rings is 2. The minimum atomic E-state index is -0.837. The predicted molar refractivity (Wildman–Crippen MR) is 85.6 cm³/mol. The minimum absolute atomic E-state index is 0.122. The quantitative estimate of drug-likeness (QED) is 0.751. The molecule has 1 atom stereocenters. The largest absolute Gasteiger partial charge is 0.310 e. The van der Waals surface area contributed by atoms with Gasteiger partial charge in [0.2, 0.25) is 0 Å². The molecule has 0 saturated carbocycles. The van der Waals surface area contributed by atoms with Crippen molar-refractivity contribution in [2.75, 3.05) is 6.54 Å². The molecule has 1 nitrogen and oxygen atoms in total. The number of halogens is 4. The molecular weight excluding hydrogens is 360 g/mol. The maximum Gasteiger partial charge on any atom is 0.159 e. The second-order valence-corrected chi connectivity index (χ2v) is 6.05. The maximum absolute atomic E-state index is 13.4. The molecule has 0 fully saturated rings. The van der Waals surface area contributed by atoms with Gasteiger partial charge in [0.1, 0.15) is 0 Å². The van der Waals surface area contributed by atoms with Gasteiger partial charge in [-0.05, 0) is 48.4 Å². The van der Waals surface area contributed by atoms with Crippen LogP contribution < -0.4 is 5.32 Å². The molecule has 1 N–H and O–H groups in total. The molecule has 0 spiro atoms.